The first-order valence-corrected chi connectivity index (χ1v) is 5.35. The van der Waals surface area contributed by atoms with Crippen molar-refractivity contribution in [2.75, 3.05) is 0 Å². The van der Waals surface area contributed by atoms with Gasteiger partial charge in [0, 0.05) is 18.7 Å². The number of nitrogens with zero attached hydrogens (tertiary/aromatic N) is 2. The number of aromatic nitrogens is 2. The van der Waals surface area contributed by atoms with Crippen LogP contribution in [0.3, 0.4) is 0 Å². The minimum absolute atomic E-state index is 0.293. The molecule has 0 aromatic carbocycles. The summed E-state index contributed by atoms with van der Waals surface area (Å²) in [4.78, 5) is 3.73. The number of aryl methyl sites for hydroxylation is 1. The molecule has 5 heteroatoms. The summed E-state index contributed by atoms with van der Waals surface area (Å²) in [6.45, 7) is 5.87. The second kappa shape index (κ2) is 4.11. The molecule has 1 aromatic rings. The van der Waals surface area contributed by atoms with Crippen LogP contribution < -0.4 is 0 Å². The number of imidazole rings is 1. The average Bonchev–Trinajstić information content (AvgIpc) is 2.59. The summed E-state index contributed by atoms with van der Waals surface area (Å²) in [7, 11) is 1.61. The fourth-order valence-electron chi connectivity index (χ4n) is 1.73. The van der Waals surface area contributed by atoms with E-state index in [2.05, 4.69) is 4.98 Å². The molecule has 0 saturated carbocycles. The first kappa shape index (κ1) is 13.1. The summed E-state index contributed by atoms with van der Waals surface area (Å²) in [6, 6.07) is 0. The molecule has 1 heterocycles. The van der Waals surface area contributed by atoms with Gasteiger partial charge in [0.05, 0.1) is 0 Å². The Hall–Kier alpha value is -1.00. The molecule has 1 rings (SSSR count). The lowest BCUT2D eigenvalue weighted by molar-refractivity contribution is -0.141. The zero-order valence-electron chi connectivity index (χ0n) is 10.0. The Balaban J connectivity index is 3.21. The molecule has 0 spiro atoms. The van der Waals surface area contributed by atoms with Crippen LogP contribution in [0.5, 0.6) is 0 Å². The van der Waals surface area contributed by atoms with Crippen molar-refractivity contribution in [1.82, 2.24) is 9.55 Å². The molecule has 92 valence electrons. The van der Waals surface area contributed by atoms with E-state index in [1.165, 1.54) is 4.57 Å². The van der Waals surface area contributed by atoms with Gasteiger partial charge >= 0.3 is 6.18 Å². The zero-order valence-corrected chi connectivity index (χ0v) is 10.0. The maximum absolute atomic E-state index is 12.5. The van der Waals surface area contributed by atoms with Gasteiger partial charge in [-0.1, -0.05) is 20.8 Å². The zero-order chi connectivity index (χ0) is 12.6. The van der Waals surface area contributed by atoms with Crippen molar-refractivity contribution in [3.63, 3.8) is 0 Å². The van der Waals surface area contributed by atoms with E-state index in [4.69, 9.17) is 0 Å². The quantitative estimate of drug-likeness (QED) is 0.782. The number of hydrogen-bond donors (Lipinski definition) is 0. The lowest BCUT2D eigenvalue weighted by Crippen LogP contribution is -2.24. The van der Waals surface area contributed by atoms with Crippen molar-refractivity contribution in [3.8, 4) is 0 Å². The van der Waals surface area contributed by atoms with Crippen LogP contribution in [-0.4, -0.2) is 9.55 Å². The van der Waals surface area contributed by atoms with Gasteiger partial charge < -0.3 is 4.57 Å². The topological polar surface area (TPSA) is 17.8 Å². The first-order valence-electron chi connectivity index (χ1n) is 5.35. The largest absolute Gasteiger partial charge is 0.434 e. The molecule has 0 fully saturated rings. The van der Waals surface area contributed by atoms with Crippen LogP contribution in [0, 0.1) is 0 Å². The molecule has 2 nitrogen and oxygen atoms in total. The van der Waals surface area contributed by atoms with Gasteiger partial charge in [-0.25, -0.2) is 4.98 Å². The Morgan fingerprint density at radius 2 is 1.75 bits per heavy atom. The third-order valence-electron chi connectivity index (χ3n) is 3.27. The molecule has 16 heavy (non-hydrogen) atoms. The van der Waals surface area contributed by atoms with E-state index in [0.29, 0.717) is 5.82 Å². The van der Waals surface area contributed by atoms with E-state index in [1.54, 1.807) is 7.05 Å². The highest BCUT2D eigenvalue weighted by Crippen LogP contribution is 2.34. The normalized spacial score (nSPS) is 13.2. The Labute approximate surface area is 93.5 Å². The second-order valence-corrected chi connectivity index (χ2v) is 4.33. The molecule has 1 aromatic heterocycles. The Morgan fingerprint density at radius 1 is 1.25 bits per heavy atom. The number of rotatable bonds is 3. The highest BCUT2D eigenvalue weighted by Gasteiger charge is 2.37. The average molecular weight is 234 g/mol. The van der Waals surface area contributed by atoms with Crippen LogP contribution in [0.15, 0.2) is 6.20 Å². The maximum Gasteiger partial charge on any atom is 0.434 e. The molecule has 0 aliphatic rings. The molecule has 0 aliphatic carbocycles. The third-order valence-corrected chi connectivity index (χ3v) is 3.27. The maximum atomic E-state index is 12.5. The smallest absolute Gasteiger partial charge is 0.337 e. The minimum atomic E-state index is -4.36. The Bertz CT molecular complexity index is 362. The number of halogens is 3. The number of hydrogen-bond acceptors (Lipinski definition) is 1. The lowest BCUT2D eigenvalue weighted by atomic mass is 9.84. The summed E-state index contributed by atoms with van der Waals surface area (Å²) < 4.78 is 39.0. The molecule has 0 aliphatic heterocycles. The monoisotopic (exact) mass is 234 g/mol. The van der Waals surface area contributed by atoms with Gasteiger partial charge in [-0.2, -0.15) is 13.2 Å². The lowest BCUT2D eigenvalue weighted by Gasteiger charge is -2.25. The van der Waals surface area contributed by atoms with Crippen LogP contribution >= 0.6 is 0 Å². The molecule has 0 amide bonds. The van der Waals surface area contributed by atoms with E-state index < -0.39 is 11.9 Å². The van der Waals surface area contributed by atoms with Crippen LogP contribution in [0.4, 0.5) is 13.2 Å². The van der Waals surface area contributed by atoms with Gasteiger partial charge in [-0.05, 0) is 12.8 Å². The predicted octanol–water partition coefficient (Wildman–Crippen LogP) is 3.52. The summed E-state index contributed by atoms with van der Waals surface area (Å²) in [6.07, 6.45) is -1.77. The summed E-state index contributed by atoms with van der Waals surface area (Å²) in [5, 5.41) is 0. The van der Waals surface area contributed by atoms with Gasteiger partial charge in [0.15, 0.2) is 5.69 Å². The minimum Gasteiger partial charge on any atom is -0.337 e. The van der Waals surface area contributed by atoms with E-state index in [-0.39, 0.29) is 5.41 Å². The fraction of sp³-hybridized carbons (Fsp3) is 0.727. The standard InChI is InChI=1S/C11H17F3N2/c1-5-10(3,6-2)9-15-8(7-16(9)4)11(12,13)14/h7H,5-6H2,1-4H3. The molecule has 0 N–H and O–H groups in total. The Kier molecular flexibility index (Phi) is 3.35. The van der Waals surface area contributed by atoms with Crippen molar-refractivity contribution in [2.45, 2.75) is 45.2 Å². The van der Waals surface area contributed by atoms with Crippen molar-refractivity contribution in [3.05, 3.63) is 17.7 Å². The molecular formula is C11H17F3N2. The predicted molar refractivity (Wildman–Crippen MR) is 56.1 cm³/mol. The van der Waals surface area contributed by atoms with Crippen LogP contribution in [0.1, 0.15) is 45.1 Å². The van der Waals surface area contributed by atoms with Crippen LogP contribution in [0.25, 0.3) is 0 Å². The van der Waals surface area contributed by atoms with Crippen molar-refractivity contribution in [2.24, 2.45) is 7.05 Å². The number of alkyl halides is 3. The SMILES string of the molecule is CCC(C)(CC)c1nc(C(F)(F)F)cn1C. The van der Waals surface area contributed by atoms with Crippen molar-refractivity contribution < 1.29 is 13.2 Å². The summed E-state index contributed by atoms with van der Waals surface area (Å²) >= 11 is 0. The molecule has 0 bridgehead atoms. The van der Waals surface area contributed by atoms with Crippen LogP contribution in [-0.2, 0) is 18.6 Å². The highest BCUT2D eigenvalue weighted by molar-refractivity contribution is 5.14. The summed E-state index contributed by atoms with van der Waals surface area (Å²) in [5.74, 6) is 0.504. The van der Waals surface area contributed by atoms with Crippen molar-refractivity contribution in [1.29, 1.82) is 0 Å². The first-order chi connectivity index (χ1) is 7.24. The van der Waals surface area contributed by atoms with Gasteiger partial charge in [0.2, 0.25) is 0 Å². The van der Waals surface area contributed by atoms with Gasteiger partial charge in [-0.15, -0.1) is 0 Å². The molecule has 0 saturated heterocycles. The second-order valence-electron chi connectivity index (χ2n) is 4.33. The molecule has 0 atom stereocenters. The molecular weight excluding hydrogens is 217 g/mol. The van der Waals surface area contributed by atoms with Gasteiger partial charge in [-0.3, -0.25) is 0 Å². The van der Waals surface area contributed by atoms with E-state index >= 15 is 0 Å². The fourth-order valence-corrected chi connectivity index (χ4v) is 1.73. The highest BCUT2D eigenvalue weighted by atomic mass is 19.4. The van der Waals surface area contributed by atoms with Gasteiger partial charge in [0.1, 0.15) is 5.82 Å². The summed E-state index contributed by atoms with van der Waals surface area (Å²) in [5.41, 5.74) is -1.10. The van der Waals surface area contributed by atoms with E-state index in [9.17, 15) is 13.2 Å². The molecule has 0 radical (unpaired) electrons. The van der Waals surface area contributed by atoms with Crippen molar-refractivity contribution >= 4 is 0 Å². The van der Waals surface area contributed by atoms with Gasteiger partial charge in [0.25, 0.3) is 0 Å². The van der Waals surface area contributed by atoms with E-state index in [0.717, 1.165) is 19.0 Å². The van der Waals surface area contributed by atoms with Crippen LogP contribution in [0.2, 0.25) is 0 Å². The molecule has 0 unspecified atom stereocenters. The Morgan fingerprint density at radius 3 is 2.06 bits per heavy atom. The third kappa shape index (κ3) is 2.23. The van der Waals surface area contributed by atoms with E-state index in [1.807, 2.05) is 20.8 Å².